The lowest BCUT2D eigenvalue weighted by molar-refractivity contribution is 0.00401. The molecular formula is C24H32N2O2. The first-order valence-corrected chi connectivity index (χ1v) is 10.4. The van der Waals surface area contributed by atoms with Gasteiger partial charge in [0.1, 0.15) is 18.0 Å². The molecule has 1 aliphatic heterocycles. The van der Waals surface area contributed by atoms with Crippen LogP contribution in [0.5, 0.6) is 5.75 Å². The zero-order valence-corrected chi connectivity index (χ0v) is 17.1. The van der Waals surface area contributed by atoms with Gasteiger partial charge in [0, 0.05) is 25.6 Å². The van der Waals surface area contributed by atoms with Gasteiger partial charge < -0.3 is 15.6 Å². The number of fused-ring (bicyclic) bond motifs is 1. The van der Waals surface area contributed by atoms with Gasteiger partial charge in [-0.2, -0.15) is 0 Å². The maximum absolute atomic E-state index is 11.1. The van der Waals surface area contributed by atoms with E-state index in [2.05, 4.69) is 68.1 Å². The minimum Gasteiger partial charge on any atom is -0.488 e. The molecule has 1 heterocycles. The molecule has 150 valence electrons. The van der Waals surface area contributed by atoms with Crippen molar-refractivity contribution in [1.82, 2.24) is 4.90 Å². The van der Waals surface area contributed by atoms with Crippen molar-refractivity contribution in [1.29, 1.82) is 0 Å². The van der Waals surface area contributed by atoms with Crippen molar-refractivity contribution in [3.63, 3.8) is 0 Å². The lowest BCUT2D eigenvalue weighted by Crippen LogP contribution is -2.52. The summed E-state index contributed by atoms with van der Waals surface area (Å²) < 4.78 is 6.26. The molecule has 0 saturated heterocycles. The number of aliphatic hydroxyl groups is 1. The van der Waals surface area contributed by atoms with Crippen LogP contribution in [-0.4, -0.2) is 40.8 Å². The van der Waals surface area contributed by atoms with E-state index in [-0.39, 0.29) is 18.2 Å². The first-order chi connectivity index (χ1) is 13.4. The summed E-state index contributed by atoms with van der Waals surface area (Å²) in [7, 11) is 0. The van der Waals surface area contributed by atoms with Crippen LogP contribution >= 0.6 is 0 Å². The van der Waals surface area contributed by atoms with Gasteiger partial charge >= 0.3 is 0 Å². The van der Waals surface area contributed by atoms with E-state index in [1.165, 1.54) is 22.3 Å². The average Bonchev–Trinajstić information content (AvgIpc) is 2.94. The van der Waals surface area contributed by atoms with Crippen LogP contribution in [-0.2, 0) is 13.0 Å². The molecule has 1 fully saturated rings. The molecule has 4 heteroatoms. The Morgan fingerprint density at radius 2 is 1.89 bits per heavy atom. The van der Waals surface area contributed by atoms with Crippen molar-refractivity contribution in [2.45, 2.75) is 70.4 Å². The van der Waals surface area contributed by atoms with Crippen LogP contribution in [0.3, 0.4) is 0 Å². The van der Waals surface area contributed by atoms with Gasteiger partial charge in [0.25, 0.3) is 0 Å². The van der Waals surface area contributed by atoms with E-state index in [9.17, 15) is 5.11 Å². The van der Waals surface area contributed by atoms with Crippen molar-refractivity contribution in [3.05, 3.63) is 64.7 Å². The molecule has 2 aromatic rings. The summed E-state index contributed by atoms with van der Waals surface area (Å²) in [5.74, 6) is 1.28. The van der Waals surface area contributed by atoms with Crippen LogP contribution in [0.2, 0.25) is 0 Å². The second-order valence-electron chi connectivity index (χ2n) is 8.76. The summed E-state index contributed by atoms with van der Waals surface area (Å²) in [6.07, 6.45) is 0.838. The van der Waals surface area contributed by atoms with Crippen molar-refractivity contribution in [2.24, 2.45) is 5.73 Å². The van der Waals surface area contributed by atoms with Gasteiger partial charge in [0.05, 0.1) is 6.04 Å². The number of rotatable bonds is 4. The van der Waals surface area contributed by atoms with Crippen LogP contribution in [0.4, 0.5) is 0 Å². The standard InChI is InChI=1S/C24H32N2O2/c1-15(2)19-10-16(3)11-20(12-19)28-22-13-21(25)23(24(22)27)26-9-8-17-6-4-5-7-18(17)14-26/h4-7,10-12,15,21-24,27H,8-9,13-14,25H2,1-3H3/t21-,22-,23+,24+/m1/s1. The zero-order valence-electron chi connectivity index (χ0n) is 17.1. The van der Waals surface area contributed by atoms with Crippen LogP contribution in [0.1, 0.15) is 48.4 Å². The van der Waals surface area contributed by atoms with Gasteiger partial charge in [0.15, 0.2) is 0 Å². The molecule has 1 aliphatic carbocycles. The van der Waals surface area contributed by atoms with Crippen LogP contribution in [0.25, 0.3) is 0 Å². The van der Waals surface area contributed by atoms with Crippen molar-refractivity contribution in [3.8, 4) is 5.75 Å². The summed E-state index contributed by atoms with van der Waals surface area (Å²) >= 11 is 0. The molecule has 3 N–H and O–H groups in total. The second kappa shape index (κ2) is 7.86. The lowest BCUT2D eigenvalue weighted by atomic mass is 9.97. The Labute approximate surface area is 168 Å². The number of aryl methyl sites for hydroxylation is 1. The topological polar surface area (TPSA) is 58.7 Å². The largest absolute Gasteiger partial charge is 0.488 e. The third kappa shape index (κ3) is 3.82. The highest BCUT2D eigenvalue weighted by Crippen LogP contribution is 2.32. The predicted molar refractivity (Wildman–Crippen MR) is 113 cm³/mol. The molecular weight excluding hydrogens is 348 g/mol. The van der Waals surface area contributed by atoms with Gasteiger partial charge in [-0.3, -0.25) is 4.90 Å². The minimum atomic E-state index is -0.580. The van der Waals surface area contributed by atoms with E-state index in [1.54, 1.807) is 0 Å². The monoisotopic (exact) mass is 380 g/mol. The summed E-state index contributed by atoms with van der Waals surface area (Å²) in [6.45, 7) is 8.23. The SMILES string of the molecule is Cc1cc(O[C@@H]2C[C@@H](N)[C@H](N3CCc4ccccc4C3)[C@H]2O)cc(C(C)C)c1. The Balaban J connectivity index is 1.49. The number of nitrogens with zero attached hydrogens (tertiary/aromatic N) is 1. The van der Waals surface area contributed by atoms with Crippen LogP contribution < -0.4 is 10.5 Å². The number of ether oxygens (including phenoxy) is 1. The molecule has 4 atom stereocenters. The third-order valence-corrected chi connectivity index (χ3v) is 6.28. The molecule has 0 amide bonds. The number of hydrogen-bond donors (Lipinski definition) is 2. The highest BCUT2D eigenvalue weighted by molar-refractivity contribution is 5.36. The van der Waals surface area contributed by atoms with Gasteiger partial charge in [-0.1, -0.05) is 44.2 Å². The van der Waals surface area contributed by atoms with Gasteiger partial charge in [0.2, 0.25) is 0 Å². The Hall–Kier alpha value is -1.88. The number of nitrogens with two attached hydrogens (primary N) is 1. The van der Waals surface area contributed by atoms with Crippen molar-refractivity contribution < 1.29 is 9.84 Å². The normalized spacial score (nSPS) is 27.8. The Kier molecular flexibility index (Phi) is 5.46. The van der Waals surface area contributed by atoms with E-state index < -0.39 is 6.10 Å². The smallest absolute Gasteiger partial charge is 0.128 e. The fraction of sp³-hybridized carbons (Fsp3) is 0.500. The summed E-state index contributed by atoms with van der Waals surface area (Å²) in [5.41, 5.74) is 11.7. The fourth-order valence-corrected chi connectivity index (χ4v) is 4.75. The van der Waals surface area contributed by atoms with E-state index in [4.69, 9.17) is 10.5 Å². The molecule has 0 aromatic heterocycles. The third-order valence-electron chi connectivity index (χ3n) is 6.28. The highest BCUT2D eigenvalue weighted by Gasteiger charge is 2.45. The maximum atomic E-state index is 11.1. The van der Waals surface area contributed by atoms with E-state index >= 15 is 0 Å². The molecule has 28 heavy (non-hydrogen) atoms. The van der Waals surface area contributed by atoms with Crippen LogP contribution in [0, 0.1) is 6.92 Å². The Bertz CT molecular complexity index is 835. The van der Waals surface area contributed by atoms with Gasteiger partial charge in [-0.25, -0.2) is 0 Å². The molecule has 0 unspecified atom stereocenters. The molecule has 4 nitrogen and oxygen atoms in total. The lowest BCUT2D eigenvalue weighted by Gasteiger charge is -2.37. The van der Waals surface area contributed by atoms with E-state index in [1.807, 2.05) is 0 Å². The Morgan fingerprint density at radius 3 is 2.64 bits per heavy atom. The fourth-order valence-electron chi connectivity index (χ4n) is 4.75. The molecule has 0 radical (unpaired) electrons. The summed E-state index contributed by atoms with van der Waals surface area (Å²) in [4.78, 5) is 2.34. The molecule has 1 saturated carbocycles. The molecule has 4 rings (SSSR count). The molecule has 0 bridgehead atoms. The van der Waals surface area contributed by atoms with Crippen molar-refractivity contribution in [2.75, 3.05) is 6.54 Å². The first-order valence-electron chi connectivity index (χ1n) is 10.4. The minimum absolute atomic E-state index is 0.0623. The zero-order chi connectivity index (χ0) is 19.8. The average molecular weight is 381 g/mol. The Morgan fingerprint density at radius 1 is 1.14 bits per heavy atom. The molecule has 2 aromatic carbocycles. The number of hydrogen-bond acceptors (Lipinski definition) is 4. The number of aliphatic hydroxyl groups excluding tert-OH is 1. The van der Waals surface area contributed by atoms with Gasteiger partial charge in [-0.05, 0) is 53.6 Å². The predicted octanol–water partition coefficient (Wildman–Crippen LogP) is 3.38. The summed E-state index contributed by atoms with van der Waals surface area (Å²) in [5, 5.41) is 11.1. The van der Waals surface area contributed by atoms with Crippen molar-refractivity contribution >= 4 is 0 Å². The quantitative estimate of drug-likeness (QED) is 0.854. The van der Waals surface area contributed by atoms with Crippen LogP contribution in [0.15, 0.2) is 42.5 Å². The number of benzene rings is 2. The first kappa shape index (κ1) is 19.4. The highest BCUT2D eigenvalue weighted by atomic mass is 16.5. The van der Waals surface area contributed by atoms with Gasteiger partial charge in [-0.15, -0.1) is 0 Å². The van der Waals surface area contributed by atoms with E-state index in [0.29, 0.717) is 12.3 Å². The molecule has 0 spiro atoms. The van der Waals surface area contributed by atoms with E-state index in [0.717, 1.165) is 25.3 Å². The second-order valence-corrected chi connectivity index (χ2v) is 8.76. The summed E-state index contributed by atoms with van der Waals surface area (Å²) in [6, 6.07) is 14.8. The molecule has 2 aliphatic rings. The maximum Gasteiger partial charge on any atom is 0.128 e.